The van der Waals surface area contributed by atoms with E-state index in [1.165, 1.54) is 12.1 Å². The van der Waals surface area contributed by atoms with Gasteiger partial charge in [-0.2, -0.15) is 0 Å². The third kappa shape index (κ3) is 4.23. The number of fused-ring (bicyclic) bond motifs is 1. The van der Waals surface area contributed by atoms with Gasteiger partial charge < -0.3 is 15.2 Å². The topological polar surface area (TPSA) is 88.5 Å². The molecule has 0 aliphatic carbocycles. The highest BCUT2D eigenvalue weighted by Gasteiger charge is 2.18. The molecular formula is C24H16Cl2N2O4. The number of hydrogen-bond donors (Lipinski definition) is 2. The van der Waals surface area contributed by atoms with Gasteiger partial charge in [0.15, 0.2) is 0 Å². The van der Waals surface area contributed by atoms with E-state index in [4.69, 9.17) is 27.9 Å². The standard InChI is InChI=1S/C24H16Cl2N2O4/c1-13-12-27-21-16(22(13)32-15-6-2-5-14(11-15)24(30)31)7-3-10-19(21)28-23(29)20-17(25)8-4-9-18(20)26/h2-12H,1H3,(H,28,29)(H,30,31). The fraction of sp³-hybridized carbons (Fsp3) is 0.0417. The lowest BCUT2D eigenvalue weighted by Gasteiger charge is -2.15. The van der Waals surface area contributed by atoms with Gasteiger partial charge in [-0.05, 0) is 49.4 Å². The van der Waals surface area contributed by atoms with Gasteiger partial charge in [-0.15, -0.1) is 0 Å². The molecule has 0 saturated heterocycles. The van der Waals surface area contributed by atoms with E-state index in [0.29, 0.717) is 28.1 Å². The van der Waals surface area contributed by atoms with E-state index in [-0.39, 0.29) is 21.2 Å². The van der Waals surface area contributed by atoms with Gasteiger partial charge in [-0.3, -0.25) is 9.78 Å². The highest BCUT2D eigenvalue weighted by molar-refractivity contribution is 6.40. The molecule has 0 radical (unpaired) electrons. The lowest BCUT2D eigenvalue weighted by molar-refractivity contribution is 0.0696. The van der Waals surface area contributed by atoms with Gasteiger partial charge in [-0.25, -0.2) is 4.79 Å². The predicted octanol–water partition coefficient (Wildman–Crippen LogP) is 6.59. The van der Waals surface area contributed by atoms with Gasteiger partial charge in [0.25, 0.3) is 5.91 Å². The first-order valence-electron chi connectivity index (χ1n) is 9.50. The van der Waals surface area contributed by atoms with Gasteiger partial charge in [0.2, 0.25) is 0 Å². The minimum Gasteiger partial charge on any atom is -0.478 e. The molecule has 0 bridgehead atoms. The summed E-state index contributed by atoms with van der Waals surface area (Å²) in [5, 5.41) is 13.2. The zero-order chi connectivity index (χ0) is 22.8. The Hall–Kier alpha value is -3.61. The number of halogens is 2. The monoisotopic (exact) mass is 466 g/mol. The summed E-state index contributed by atoms with van der Waals surface area (Å²) in [6.45, 7) is 1.83. The number of benzene rings is 3. The van der Waals surface area contributed by atoms with Gasteiger partial charge in [0.05, 0.1) is 32.4 Å². The number of carboxylic acid groups (broad SMARTS) is 1. The molecule has 8 heteroatoms. The first-order chi connectivity index (χ1) is 15.3. The van der Waals surface area contributed by atoms with Gasteiger partial charge in [0, 0.05) is 17.1 Å². The van der Waals surface area contributed by atoms with Crippen molar-refractivity contribution in [2.24, 2.45) is 0 Å². The number of aromatic nitrogens is 1. The second-order valence-corrected chi connectivity index (χ2v) is 7.77. The minimum atomic E-state index is -1.05. The van der Waals surface area contributed by atoms with Gasteiger partial charge in [0.1, 0.15) is 11.5 Å². The first-order valence-corrected chi connectivity index (χ1v) is 10.3. The molecule has 0 saturated carbocycles. The average Bonchev–Trinajstić information content (AvgIpc) is 2.76. The highest BCUT2D eigenvalue weighted by atomic mass is 35.5. The SMILES string of the molecule is Cc1cnc2c(NC(=O)c3c(Cl)cccc3Cl)cccc2c1Oc1cccc(C(=O)O)c1. The van der Waals surface area contributed by atoms with Crippen LogP contribution in [-0.4, -0.2) is 22.0 Å². The first kappa shape index (κ1) is 21.6. The molecule has 0 atom stereocenters. The molecule has 4 aromatic rings. The molecule has 2 N–H and O–H groups in total. The lowest BCUT2D eigenvalue weighted by Crippen LogP contribution is -2.13. The number of carboxylic acids is 1. The summed E-state index contributed by atoms with van der Waals surface area (Å²) in [5.74, 6) is -0.635. The van der Waals surface area contributed by atoms with Gasteiger partial charge in [-0.1, -0.05) is 41.4 Å². The third-order valence-corrected chi connectivity index (χ3v) is 5.39. The van der Waals surface area contributed by atoms with Crippen LogP contribution in [0.3, 0.4) is 0 Å². The van der Waals surface area contributed by atoms with Crippen molar-refractivity contribution >= 4 is 51.7 Å². The number of anilines is 1. The summed E-state index contributed by atoms with van der Waals surface area (Å²) in [5.41, 5.74) is 1.98. The van der Waals surface area contributed by atoms with Crippen molar-refractivity contribution in [3.8, 4) is 11.5 Å². The van der Waals surface area contributed by atoms with E-state index in [2.05, 4.69) is 10.3 Å². The quantitative estimate of drug-likeness (QED) is 0.346. The fourth-order valence-corrected chi connectivity index (χ4v) is 3.81. The molecule has 0 aliphatic rings. The minimum absolute atomic E-state index is 0.114. The summed E-state index contributed by atoms with van der Waals surface area (Å²) >= 11 is 12.3. The van der Waals surface area contributed by atoms with Crippen LogP contribution >= 0.6 is 23.2 Å². The zero-order valence-corrected chi connectivity index (χ0v) is 18.2. The Labute approximate surface area is 193 Å². The number of aromatic carboxylic acids is 1. The summed E-state index contributed by atoms with van der Waals surface area (Å²) in [7, 11) is 0. The van der Waals surface area contributed by atoms with Crippen LogP contribution in [0.5, 0.6) is 11.5 Å². The summed E-state index contributed by atoms with van der Waals surface area (Å²) in [4.78, 5) is 28.6. The maximum atomic E-state index is 12.8. The summed E-state index contributed by atoms with van der Waals surface area (Å²) < 4.78 is 6.04. The number of ether oxygens (including phenoxy) is 1. The smallest absolute Gasteiger partial charge is 0.335 e. The van der Waals surface area contributed by atoms with Crippen molar-refractivity contribution < 1.29 is 19.4 Å². The maximum Gasteiger partial charge on any atom is 0.335 e. The molecule has 6 nitrogen and oxygen atoms in total. The number of carbonyl (C=O) groups is 2. The maximum absolute atomic E-state index is 12.8. The van der Waals surface area contributed by atoms with Crippen molar-refractivity contribution in [1.82, 2.24) is 4.98 Å². The molecule has 4 rings (SSSR count). The fourth-order valence-electron chi connectivity index (χ4n) is 3.24. The van der Waals surface area contributed by atoms with Crippen LogP contribution in [0, 0.1) is 6.92 Å². The molecule has 1 heterocycles. The van der Waals surface area contributed by atoms with Crippen molar-refractivity contribution in [3.05, 3.63) is 93.6 Å². The van der Waals surface area contributed by atoms with Crippen molar-refractivity contribution in [2.75, 3.05) is 5.32 Å². The van der Waals surface area contributed by atoms with E-state index >= 15 is 0 Å². The van der Waals surface area contributed by atoms with E-state index in [1.54, 1.807) is 48.7 Å². The van der Waals surface area contributed by atoms with Crippen molar-refractivity contribution in [2.45, 2.75) is 6.92 Å². The molecular weight excluding hydrogens is 451 g/mol. The van der Waals surface area contributed by atoms with E-state index in [0.717, 1.165) is 5.56 Å². The van der Waals surface area contributed by atoms with Crippen LogP contribution in [0.1, 0.15) is 26.3 Å². The Morgan fingerprint density at radius 2 is 1.69 bits per heavy atom. The summed E-state index contributed by atoms with van der Waals surface area (Å²) in [6, 6.07) is 16.3. The number of nitrogens with zero attached hydrogens (tertiary/aromatic N) is 1. The van der Waals surface area contributed by atoms with E-state index in [1.807, 2.05) is 13.0 Å². The number of amides is 1. The van der Waals surface area contributed by atoms with E-state index < -0.39 is 11.9 Å². The molecule has 0 fully saturated rings. The molecule has 0 aliphatic heterocycles. The van der Waals surface area contributed by atoms with Gasteiger partial charge >= 0.3 is 5.97 Å². The second kappa shape index (κ2) is 8.86. The number of para-hydroxylation sites is 1. The normalized spacial score (nSPS) is 10.7. The number of nitrogens with one attached hydrogen (secondary N) is 1. The number of aryl methyl sites for hydroxylation is 1. The Kier molecular flexibility index (Phi) is 5.99. The number of carbonyl (C=O) groups excluding carboxylic acids is 1. The Balaban J connectivity index is 1.74. The Morgan fingerprint density at radius 3 is 2.41 bits per heavy atom. The second-order valence-electron chi connectivity index (χ2n) is 6.96. The zero-order valence-electron chi connectivity index (χ0n) is 16.7. The van der Waals surface area contributed by atoms with E-state index in [9.17, 15) is 14.7 Å². The van der Waals surface area contributed by atoms with Crippen LogP contribution in [0.25, 0.3) is 10.9 Å². The third-order valence-electron chi connectivity index (χ3n) is 4.77. The number of rotatable bonds is 5. The van der Waals surface area contributed by atoms with Crippen LogP contribution in [-0.2, 0) is 0 Å². The Morgan fingerprint density at radius 1 is 1.00 bits per heavy atom. The van der Waals surface area contributed by atoms with Crippen LogP contribution < -0.4 is 10.1 Å². The van der Waals surface area contributed by atoms with Crippen molar-refractivity contribution in [3.63, 3.8) is 0 Å². The molecule has 3 aromatic carbocycles. The van der Waals surface area contributed by atoms with Crippen molar-refractivity contribution in [1.29, 1.82) is 0 Å². The Bertz CT molecular complexity index is 1350. The number of hydrogen-bond acceptors (Lipinski definition) is 4. The van der Waals surface area contributed by atoms with Crippen LogP contribution in [0.2, 0.25) is 10.0 Å². The number of pyridine rings is 1. The molecule has 1 amide bonds. The molecule has 1 aromatic heterocycles. The highest BCUT2D eigenvalue weighted by Crippen LogP contribution is 2.35. The van der Waals surface area contributed by atoms with Crippen LogP contribution in [0.4, 0.5) is 5.69 Å². The molecule has 0 spiro atoms. The average molecular weight is 467 g/mol. The molecule has 160 valence electrons. The molecule has 32 heavy (non-hydrogen) atoms. The van der Waals surface area contributed by atoms with Crippen LogP contribution in [0.15, 0.2) is 66.9 Å². The molecule has 0 unspecified atom stereocenters. The predicted molar refractivity (Wildman–Crippen MR) is 124 cm³/mol. The summed E-state index contributed by atoms with van der Waals surface area (Å²) in [6.07, 6.45) is 1.62. The lowest BCUT2D eigenvalue weighted by atomic mass is 10.1. The largest absolute Gasteiger partial charge is 0.478 e.